The first-order valence-corrected chi connectivity index (χ1v) is 3.97. The lowest BCUT2D eigenvalue weighted by Crippen LogP contribution is -2.19. The zero-order valence-corrected chi connectivity index (χ0v) is 7.22. The predicted octanol–water partition coefficient (Wildman–Crippen LogP) is 2.08. The van der Waals surface area contributed by atoms with Crippen LogP contribution in [-0.4, -0.2) is 13.2 Å². The largest absolute Gasteiger partial charge is 0.453 e. The molecule has 1 radical (unpaired) electrons. The number of rotatable bonds is 5. The molecule has 0 fully saturated rings. The molecular formula is C8H16NO2. The van der Waals surface area contributed by atoms with Crippen LogP contribution in [0.25, 0.3) is 0 Å². The predicted molar refractivity (Wildman–Crippen MR) is 44.0 cm³/mol. The average Bonchev–Trinajstić information content (AvgIpc) is 2.04. The van der Waals surface area contributed by atoms with Crippen molar-refractivity contribution < 1.29 is 9.53 Å². The molecule has 0 heterocycles. The highest BCUT2D eigenvalue weighted by atomic mass is 16.5. The van der Waals surface area contributed by atoms with Gasteiger partial charge in [-0.3, -0.25) is 0 Å². The minimum Gasteiger partial charge on any atom is -0.453 e. The molecule has 0 rings (SSSR count). The molecule has 65 valence electrons. The fourth-order valence-corrected chi connectivity index (χ4v) is 0.711. The summed E-state index contributed by atoms with van der Waals surface area (Å²) in [6.07, 6.45) is 4.07. The number of carbonyl (C=O) groups excluding carboxylic acids is 1. The van der Waals surface area contributed by atoms with Gasteiger partial charge in [0.2, 0.25) is 0 Å². The molecule has 0 bridgehead atoms. The van der Waals surface area contributed by atoms with Crippen molar-refractivity contribution in [2.45, 2.75) is 32.6 Å². The van der Waals surface area contributed by atoms with Gasteiger partial charge >= 0.3 is 6.09 Å². The van der Waals surface area contributed by atoms with Gasteiger partial charge in [-0.15, -0.1) is 0 Å². The van der Waals surface area contributed by atoms with Crippen LogP contribution >= 0.6 is 0 Å². The number of ether oxygens (including phenoxy) is 1. The maximum Gasteiger partial charge on any atom is 0.407 e. The maximum atomic E-state index is 10.5. The van der Waals surface area contributed by atoms with E-state index in [0.29, 0.717) is 0 Å². The number of unbranched alkanes of at least 4 members (excludes halogenated alkanes) is 3. The molecule has 11 heavy (non-hydrogen) atoms. The minimum atomic E-state index is -0.388. The Morgan fingerprint density at radius 2 is 2.27 bits per heavy atom. The Morgan fingerprint density at radius 3 is 2.82 bits per heavy atom. The van der Waals surface area contributed by atoms with Crippen molar-refractivity contribution in [1.82, 2.24) is 5.32 Å². The standard InChI is InChI=1S/C8H16NO2/c1-3-4-5-6-7-9-8(10)11-2/h7H,3-6H2,1-2H3,(H,9,10). The van der Waals surface area contributed by atoms with Gasteiger partial charge in [-0.25, -0.2) is 4.79 Å². The van der Waals surface area contributed by atoms with Crippen molar-refractivity contribution in [3.05, 3.63) is 6.54 Å². The van der Waals surface area contributed by atoms with E-state index < -0.39 is 0 Å². The number of carbonyl (C=O) groups is 1. The Morgan fingerprint density at radius 1 is 1.55 bits per heavy atom. The molecule has 0 saturated carbocycles. The van der Waals surface area contributed by atoms with Gasteiger partial charge in [0.15, 0.2) is 0 Å². The Labute approximate surface area is 68.1 Å². The Hall–Kier alpha value is -0.730. The van der Waals surface area contributed by atoms with Gasteiger partial charge < -0.3 is 10.1 Å². The fraction of sp³-hybridized carbons (Fsp3) is 0.750. The second kappa shape index (κ2) is 7.38. The molecule has 0 aromatic carbocycles. The topological polar surface area (TPSA) is 38.3 Å². The number of amides is 1. The Bertz CT molecular complexity index is 104. The van der Waals surface area contributed by atoms with E-state index in [2.05, 4.69) is 17.0 Å². The highest BCUT2D eigenvalue weighted by Crippen LogP contribution is 1.99. The summed E-state index contributed by atoms with van der Waals surface area (Å²) in [6.45, 7) is 3.88. The third-order valence-electron chi connectivity index (χ3n) is 1.36. The van der Waals surface area contributed by atoms with Gasteiger partial charge in [-0.1, -0.05) is 26.2 Å². The average molecular weight is 158 g/mol. The van der Waals surface area contributed by atoms with E-state index in [-0.39, 0.29) is 6.09 Å². The van der Waals surface area contributed by atoms with Crippen LogP contribution in [0.4, 0.5) is 4.79 Å². The van der Waals surface area contributed by atoms with Gasteiger partial charge in [-0.2, -0.15) is 0 Å². The van der Waals surface area contributed by atoms with Crippen LogP contribution in [0.15, 0.2) is 0 Å². The smallest absolute Gasteiger partial charge is 0.407 e. The molecule has 1 N–H and O–H groups in total. The van der Waals surface area contributed by atoms with Crippen molar-refractivity contribution >= 4 is 6.09 Å². The molecule has 0 saturated heterocycles. The zero-order valence-electron chi connectivity index (χ0n) is 7.22. The molecular weight excluding hydrogens is 142 g/mol. The summed E-state index contributed by atoms with van der Waals surface area (Å²) in [5.41, 5.74) is 0. The lowest BCUT2D eigenvalue weighted by molar-refractivity contribution is 0.173. The van der Waals surface area contributed by atoms with Gasteiger partial charge in [0.25, 0.3) is 0 Å². The van der Waals surface area contributed by atoms with E-state index in [9.17, 15) is 4.79 Å². The summed E-state index contributed by atoms with van der Waals surface area (Å²) in [5, 5.41) is 2.51. The summed E-state index contributed by atoms with van der Waals surface area (Å²) >= 11 is 0. The monoisotopic (exact) mass is 158 g/mol. The lowest BCUT2D eigenvalue weighted by Gasteiger charge is -2.01. The highest BCUT2D eigenvalue weighted by molar-refractivity contribution is 5.67. The molecule has 0 atom stereocenters. The molecule has 0 unspecified atom stereocenters. The minimum absolute atomic E-state index is 0.388. The van der Waals surface area contributed by atoms with Crippen LogP contribution in [0.1, 0.15) is 32.6 Å². The SMILES string of the molecule is CCCCC[CH]NC(=O)OC. The number of hydrogen-bond acceptors (Lipinski definition) is 2. The second-order valence-electron chi connectivity index (χ2n) is 2.34. The molecule has 0 aliphatic carbocycles. The first-order chi connectivity index (χ1) is 5.31. The van der Waals surface area contributed by atoms with Gasteiger partial charge in [-0.05, 0) is 6.42 Å². The molecule has 3 nitrogen and oxygen atoms in total. The van der Waals surface area contributed by atoms with Crippen LogP contribution in [0.2, 0.25) is 0 Å². The molecule has 3 heteroatoms. The maximum absolute atomic E-state index is 10.5. The zero-order chi connectivity index (χ0) is 8.53. The molecule has 0 aliphatic rings. The number of alkyl carbamates (subject to hydrolysis) is 1. The molecule has 0 aromatic heterocycles. The third-order valence-corrected chi connectivity index (χ3v) is 1.36. The van der Waals surface area contributed by atoms with E-state index in [4.69, 9.17) is 0 Å². The fourth-order valence-electron chi connectivity index (χ4n) is 0.711. The molecule has 1 amide bonds. The molecule has 0 aliphatic heterocycles. The molecule has 0 aromatic rings. The van der Waals surface area contributed by atoms with Gasteiger partial charge in [0.05, 0.1) is 13.7 Å². The second-order valence-corrected chi connectivity index (χ2v) is 2.34. The number of nitrogens with one attached hydrogen (secondary N) is 1. The van der Waals surface area contributed by atoms with Crippen LogP contribution in [0.3, 0.4) is 0 Å². The van der Waals surface area contributed by atoms with E-state index in [1.54, 1.807) is 6.54 Å². The van der Waals surface area contributed by atoms with Crippen LogP contribution < -0.4 is 5.32 Å². The Kier molecular flexibility index (Phi) is 6.89. The first kappa shape index (κ1) is 10.3. The van der Waals surface area contributed by atoms with Crippen molar-refractivity contribution in [2.24, 2.45) is 0 Å². The Balaban J connectivity index is 2.95. The van der Waals surface area contributed by atoms with Gasteiger partial charge in [0.1, 0.15) is 0 Å². The summed E-state index contributed by atoms with van der Waals surface area (Å²) in [4.78, 5) is 10.5. The summed E-state index contributed by atoms with van der Waals surface area (Å²) in [5.74, 6) is 0. The summed E-state index contributed by atoms with van der Waals surface area (Å²) in [7, 11) is 1.36. The summed E-state index contributed by atoms with van der Waals surface area (Å²) in [6, 6.07) is 0. The van der Waals surface area contributed by atoms with E-state index in [0.717, 1.165) is 12.8 Å². The third kappa shape index (κ3) is 7.16. The first-order valence-electron chi connectivity index (χ1n) is 3.97. The van der Waals surface area contributed by atoms with Crippen molar-refractivity contribution in [2.75, 3.05) is 7.11 Å². The van der Waals surface area contributed by atoms with E-state index >= 15 is 0 Å². The number of methoxy groups -OCH3 is 1. The van der Waals surface area contributed by atoms with Crippen LogP contribution in [-0.2, 0) is 4.74 Å². The van der Waals surface area contributed by atoms with E-state index in [1.165, 1.54) is 20.0 Å². The van der Waals surface area contributed by atoms with E-state index in [1.807, 2.05) is 0 Å². The molecule has 0 spiro atoms. The van der Waals surface area contributed by atoms with Crippen molar-refractivity contribution in [1.29, 1.82) is 0 Å². The highest BCUT2D eigenvalue weighted by Gasteiger charge is 1.95. The lowest BCUT2D eigenvalue weighted by atomic mass is 10.2. The van der Waals surface area contributed by atoms with Gasteiger partial charge in [0, 0.05) is 0 Å². The summed E-state index contributed by atoms with van der Waals surface area (Å²) < 4.78 is 4.38. The number of hydrogen-bond donors (Lipinski definition) is 1. The van der Waals surface area contributed by atoms with Crippen molar-refractivity contribution in [3.8, 4) is 0 Å². The van der Waals surface area contributed by atoms with Crippen LogP contribution in [0, 0.1) is 6.54 Å². The van der Waals surface area contributed by atoms with Crippen molar-refractivity contribution in [3.63, 3.8) is 0 Å². The normalized spacial score (nSPS) is 9.27. The quantitative estimate of drug-likeness (QED) is 0.622. The van der Waals surface area contributed by atoms with Crippen LogP contribution in [0.5, 0.6) is 0 Å².